The maximum absolute atomic E-state index is 12.9. The first-order valence-corrected chi connectivity index (χ1v) is 17.0. The summed E-state index contributed by atoms with van der Waals surface area (Å²) < 4.78 is 17.3. The van der Waals surface area contributed by atoms with E-state index in [0.29, 0.717) is 13.1 Å². The fourth-order valence-electron chi connectivity index (χ4n) is 6.83. The topological polar surface area (TPSA) is 130 Å². The molecule has 0 radical (unpaired) electrons. The van der Waals surface area contributed by atoms with Gasteiger partial charge in [-0.15, -0.1) is 0 Å². The second-order valence-corrected chi connectivity index (χ2v) is 14.9. The van der Waals surface area contributed by atoms with Crippen LogP contribution in [0.3, 0.4) is 0 Å². The van der Waals surface area contributed by atoms with Crippen LogP contribution in [0.4, 0.5) is 9.59 Å². The minimum Gasteiger partial charge on any atom is -0.464 e. The molecule has 2 N–H and O–H groups in total. The summed E-state index contributed by atoms with van der Waals surface area (Å²) in [6.45, 7) is 12.6. The quantitative estimate of drug-likeness (QED) is 0.192. The Morgan fingerprint density at radius 1 is 0.714 bits per heavy atom. The van der Waals surface area contributed by atoms with Crippen LogP contribution in [0.2, 0.25) is 0 Å². The monoisotopic (exact) mass is 664 g/mol. The Bertz CT molecular complexity index is 1980. The molecular weight excluding hydrogens is 620 g/mol. The van der Waals surface area contributed by atoms with E-state index in [2.05, 4.69) is 50.3 Å². The van der Waals surface area contributed by atoms with Crippen LogP contribution in [-0.4, -0.2) is 66.2 Å². The molecule has 256 valence electrons. The second kappa shape index (κ2) is 12.4. The number of likely N-dealkylation sites (tertiary alicyclic amines) is 2. The lowest BCUT2D eigenvalue weighted by Crippen LogP contribution is -2.36. The van der Waals surface area contributed by atoms with Crippen LogP contribution in [-0.2, 0) is 9.47 Å². The normalized spacial score (nSPS) is 18.4. The van der Waals surface area contributed by atoms with E-state index in [9.17, 15) is 9.59 Å². The number of H-pyrrole nitrogens is 2. The zero-order chi connectivity index (χ0) is 34.5. The van der Waals surface area contributed by atoms with Crippen molar-refractivity contribution in [3.05, 3.63) is 72.8 Å². The molecule has 2 aliphatic heterocycles. The molecule has 2 amide bonds. The van der Waals surface area contributed by atoms with Crippen molar-refractivity contribution in [1.29, 1.82) is 0 Å². The molecule has 7 rings (SSSR count). The SMILES string of the molecule is CC(C)(C)OC(=O)N1CCC[C@H]1c1ncc(-c2ccc(-c3ccc(-c4cnc([C@@H]5CCCN5C(=O)OC(C)(C)C)[nH]4)c4occc34)cc2)[nH]1. The number of furan rings is 1. The first-order chi connectivity index (χ1) is 23.3. The van der Waals surface area contributed by atoms with Gasteiger partial charge in [-0.2, -0.15) is 0 Å². The summed E-state index contributed by atoms with van der Waals surface area (Å²) in [5.41, 5.74) is 5.38. The molecular formula is C38H44N6O5. The van der Waals surface area contributed by atoms with Crippen molar-refractivity contribution < 1.29 is 23.5 Å². The summed E-state index contributed by atoms with van der Waals surface area (Å²) in [7, 11) is 0. The van der Waals surface area contributed by atoms with Crippen molar-refractivity contribution in [3.63, 3.8) is 0 Å². The minimum absolute atomic E-state index is 0.135. The van der Waals surface area contributed by atoms with Crippen LogP contribution in [0, 0.1) is 0 Å². The Morgan fingerprint density at radius 3 is 1.80 bits per heavy atom. The predicted octanol–water partition coefficient (Wildman–Crippen LogP) is 9.02. The van der Waals surface area contributed by atoms with Gasteiger partial charge in [0.25, 0.3) is 0 Å². The maximum Gasteiger partial charge on any atom is 0.410 e. The molecule has 2 fully saturated rings. The smallest absolute Gasteiger partial charge is 0.410 e. The number of benzene rings is 2. The van der Waals surface area contributed by atoms with Gasteiger partial charge in [-0.3, -0.25) is 9.80 Å². The Labute approximate surface area is 286 Å². The molecule has 11 nitrogen and oxygen atoms in total. The van der Waals surface area contributed by atoms with Gasteiger partial charge in [0.15, 0.2) is 0 Å². The second-order valence-electron chi connectivity index (χ2n) is 14.9. The van der Waals surface area contributed by atoms with Gasteiger partial charge >= 0.3 is 12.2 Å². The van der Waals surface area contributed by atoms with Gasteiger partial charge in [0.2, 0.25) is 0 Å². The van der Waals surface area contributed by atoms with Gasteiger partial charge in [0.1, 0.15) is 28.4 Å². The van der Waals surface area contributed by atoms with E-state index >= 15 is 0 Å². The van der Waals surface area contributed by atoms with Crippen molar-refractivity contribution in [2.24, 2.45) is 0 Å². The third-order valence-corrected chi connectivity index (χ3v) is 9.00. The summed E-state index contributed by atoms with van der Waals surface area (Å²) in [5, 5.41) is 0.991. The molecule has 11 heteroatoms. The van der Waals surface area contributed by atoms with Crippen molar-refractivity contribution in [2.75, 3.05) is 13.1 Å². The summed E-state index contributed by atoms with van der Waals surface area (Å²) in [4.78, 5) is 45.5. The largest absolute Gasteiger partial charge is 0.464 e. The minimum atomic E-state index is -0.559. The van der Waals surface area contributed by atoms with E-state index < -0.39 is 11.2 Å². The molecule has 2 saturated heterocycles. The fraction of sp³-hybridized carbons (Fsp3) is 0.421. The van der Waals surface area contributed by atoms with E-state index in [1.54, 1.807) is 16.1 Å². The average Bonchev–Trinajstić information content (AvgIpc) is 3.88. The number of amides is 2. The van der Waals surface area contributed by atoms with Gasteiger partial charge in [-0.25, -0.2) is 19.6 Å². The highest BCUT2D eigenvalue weighted by Crippen LogP contribution is 2.39. The molecule has 5 heterocycles. The van der Waals surface area contributed by atoms with Gasteiger partial charge in [0.05, 0.1) is 42.1 Å². The molecule has 49 heavy (non-hydrogen) atoms. The van der Waals surface area contributed by atoms with Crippen LogP contribution in [0.25, 0.3) is 44.6 Å². The molecule has 0 bridgehead atoms. The van der Waals surface area contributed by atoms with Gasteiger partial charge in [-0.1, -0.05) is 30.3 Å². The van der Waals surface area contributed by atoms with Crippen molar-refractivity contribution >= 4 is 23.2 Å². The highest BCUT2D eigenvalue weighted by molar-refractivity contribution is 6.01. The number of carbonyl (C=O) groups is 2. The van der Waals surface area contributed by atoms with Crippen LogP contribution < -0.4 is 0 Å². The highest BCUT2D eigenvalue weighted by atomic mass is 16.6. The number of hydrogen-bond acceptors (Lipinski definition) is 7. The van der Waals surface area contributed by atoms with Gasteiger partial charge in [0, 0.05) is 24.0 Å². The Hall–Kier alpha value is -5.06. The van der Waals surface area contributed by atoms with E-state index in [0.717, 1.165) is 81.9 Å². The lowest BCUT2D eigenvalue weighted by atomic mass is 9.97. The van der Waals surface area contributed by atoms with Crippen LogP contribution >= 0.6 is 0 Å². The van der Waals surface area contributed by atoms with E-state index in [-0.39, 0.29) is 24.3 Å². The molecule has 0 aliphatic carbocycles. The third kappa shape index (κ3) is 6.66. The average molecular weight is 665 g/mol. The number of rotatable bonds is 5. The van der Waals surface area contributed by atoms with Crippen LogP contribution in [0.15, 0.2) is 65.5 Å². The van der Waals surface area contributed by atoms with Crippen LogP contribution in [0.5, 0.6) is 0 Å². The van der Waals surface area contributed by atoms with Gasteiger partial charge < -0.3 is 23.9 Å². The Balaban J connectivity index is 1.09. The first-order valence-electron chi connectivity index (χ1n) is 17.0. The zero-order valence-corrected chi connectivity index (χ0v) is 29.0. The number of ether oxygens (including phenoxy) is 2. The summed E-state index contributed by atoms with van der Waals surface area (Å²) in [5.74, 6) is 1.51. The zero-order valence-electron chi connectivity index (χ0n) is 29.0. The van der Waals surface area contributed by atoms with Gasteiger partial charge in [-0.05, 0) is 96.0 Å². The summed E-state index contributed by atoms with van der Waals surface area (Å²) in [6.07, 6.45) is 8.19. The Kier molecular flexibility index (Phi) is 8.24. The third-order valence-electron chi connectivity index (χ3n) is 9.00. The number of imidazole rings is 2. The molecule has 2 atom stereocenters. The number of nitrogens with zero attached hydrogens (tertiary/aromatic N) is 4. The lowest BCUT2D eigenvalue weighted by Gasteiger charge is -2.27. The summed E-state index contributed by atoms with van der Waals surface area (Å²) >= 11 is 0. The predicted molar refractivity (Wildman–Crippen MR) is 187 cm³/mol. The van der Waals surface area contributed by atoms with E-state index in [1.165, 1.54) is 0 Å². The fourth-order valence-corrected chi connectivity index (χ4v) is 6.83. The molecule has 0 saturated carbocycles. The molecule has 2 aliphatic rings. The highest BCUT2D eigenvalue weighted by Gasteiger charge is 2.36. The molecule has 3 aromatic heterocycles. The van der Waals surface area contributed by atoms with Crippen molar-refractivity contribution in [3.8, 4) is 33.6 Å². The lowest BCUT2D eigenvalue weighted by molar-refractivity contribution is 0.0208. The number of nitrogens with one attached hydrogen (secondary N) is 2. The molecule has 2 aromatic carbocycles. The molecule has 0 spiro atoms. The summed E-state index contributed by atoms with van der Waals surface area (Å²) in [6, 6.07) is 14.2. The molecule has 0 unspecified atom stereocenters. The van der Waals surface area contributed by atoms with Crippen LogP contribution in [0.1, 0.15) is 91.0 Å². The number of hydrogen-bond donors (Lipinski definition) is 2. The number of fused-ring (bicyclic) bond motifs is 1. The number of aromatic nitrogens is 4. The maximum atomic E-state index is 12.9. The van der Waals surface area contributed by atoms with E-state index in [4.69, 9.17) is 13.9 Å². The number of carbonyl (C=O) groups excluding carboxylic acids is 2. The molecule has 5 aromatic rings. The Morgan fingerprint density at radius 2 is 1.22 bits per heavy atom. The van der Waals surface area contributed by atoms with E-state index in [1.807, 2.05) is 66.1 Å². The standard InChI is InChI=1S/C38H44N6O5/c1-37(2,3)48-35(45)43-18-7-9-30(43)33-39-21-28(41-33)24-13-11-23(12-14-24)25-15-16-27(32-26(25)17-20-47-32)29-22-40-34(42-29)31-10-8-19-44(31)36(46)49-38(4,5)6/h11-17,20-22,30-31H,7-10,18-19H2,1-6H3,(H,39,41)(H,40,42)/t30-,31-/m0/s1. The van der Waals surface area contributed by atoms with Crippen molar-refractivity contribution in [2.45, 2.75) is 90.5 Å². The number of aromatic amines is 2. The first kappa shape index (κ1) is 32.5. The van der Waals surface area contributed by atoms with Crippen molar-refractivity contribution in [1.82, 2.24) is 29.7 Å².